The van der Waals surface area contributed by atoms with Gasteiger partial charge in [0.15, 0.2) is 0 Å². The van der Waals surface area contributed by atoms with Crippen LogP contribution < -0.4 is 5.32 Å². The molecule has 0 spiro atoms. The average Bonchev–Trinajstić information content (AvgIpc) is 2.84. The van der Waals surface area contributed by atoms with Crippen molar-refractivity contribution >= 4 is 17.6 Å². The molecule has 23 heavy (non-hydrogen) atoms. The molecule has 4 nitrogen and oxygen atoms in total. The largest absolute Gasteiger partial charge is 0.453 e. The van der Waals surface area contributed by atoms with E-state index in [4.69, 9.17) is 4.74 Å². The van der Waals surface area contributed by atoms with Gasteiger partial charge in [-0.05, 0) is 29.7 Å². The monoisotopic (exact) mass is 309 g/mol. The van der Waals surface area contributed by atoms with Crippen LogP contribution in [0.3, 0.4) is 0 Å². The normalized spacial score (nSPS) is 16.1. The minimum absolute atomic E-state index is 0.120. The summed E-state index contributed by atoms with van der Waals surface area (Å²) in [6.07, 6.45) is -0.388. The van der Waals surface area contributed by atoms with E-state index in [-0.39, 0.29) is 18.3 Å². The number of carbonyl (C=O) groups is 2. The maximum absolute atomic E-state index is 12.3. The lowest BCUT2D eigenvalue weighted by Crippen LogP contribution is -2.16. The summed E-state index contributed by atoms with van der Waals surface area (Å²) in [7, 11) is 0. The van der Waals surface area contributed by atoms with Gasteiger partial charge in [-0.1, -0.05) is 44.2 Å². The summed E-state index contributed by atoms with van der Waals surface area (Å²) in [6, 6.07) is 15.0. The van der Waals surface area contributed by atoms with Crippen LogP contribution >= 0.6 is 0 Å². The molecule has 2 aromatic carbocycles. The fourth-order valence-electron chi connectivity index (χ4n) is 2.73. The molecule has 1 atom stereocenters. The number of esters is 1. The molecule has 1 aliphatic rings. The number of hydrogen-bond donors (Lipinski definition) is 1. The van der Waals surface area contributed by atoms with Crippen LogP contribution in [-0.4, -0.2) is 11.9 Å². The quantitative estimate of drug-likeness (QED) is 0.867. The number of carbonyl (C=O) groups excluding carboxylic acids is 2. The second-order valence-electron chi connectivity index (χ2n) is 6.01. The summed E-state index contributed by atoms with van der Waals surface area (Å²) < 4.78 is 5.30. The molecule has 1 N–H and O–H groups in total. The molecule has 3 rings (SSSR count). The van der Waals surface area contributed by atoms with Crippen LogP contribution in [0.15, 0.2) is 48.5 Å². The smallest absolute Gasteiger partial charge is 0.339 e. The third-order valence-electron chi connectivity index (χ3n) is 3.98. The van der Waals surface area contributed by atoms with Crippen molar-refractivity contribution in [3.05, 3.63) is 65.2 Å². The Bertz CT molecular complexity index is 752. The molecule has 1 heterocycles. The Hall–Kier alpha value is -2.62. The van der Waals surface area contributed by atoms with E-state index in [1.165, 1.54) is 5.56 Å². The first kappa shape index (κ1) is 15.3. The van der Waals surface area contributed by atoms with Gasteiger partial charge in [0.25, 0.3) is 0 Å². The lowest BCUT2D eigenvalue weighted by Gasteiger charge is -2.12. The molecule has 2 aromatic rings. The van der Waals surface area contributed by atoms with E-state index in [9.17, 15) is 9.59 Å². The number of rotatable bonds is 4. The number of nitrogens with one attached hydrogen (secondary N) is 1. The van der Waals surface area contributed by atoms with Crippen molar-refractivity contribution in [2.45, 2.75) is 32.3 Å². The number of fused-ring (bicyclic) bond motifs is 1. The molecule has 118 valence electrons. The van der Waals surface area contributed by atoms with Gasteiger partial charge in [0, 0.05) is 11.3 Å². The Morgan fingerprint density at radius 2 is 1.96 bits per heavy atom. The topological polar surface area (TPSA) is 55.4 Å². The van der Waals surface area contributed by atoms with Crippen molar-refractivity contribution in [3.8, 4) is 0 Å². The molecule has 0 aliphatic carbocycles. The van der Waals surface area contributed by atoms with Crippen molar-refractivity contribution in [3.63, 3.8) is 0 Å². The first-order valence-corrected chi connectivity index (χ1v) is 7.74. The summed E-state index contributed by atoms with van der Waals surface area (Å²) in [5.74, 6) is -0.130. The number of cyclic esters (lactones) is 1. The van der Waals surface area contributed by atoms with E-state index in [0.29, 0.717) is 11.5 Å². The van der Waals surface area contributed by atoms with Gasteiger partial charge in [-0.3, -0.25) is 4.79 Å². The Balaban J connectivity index is 1.69. The maximum atomic E-state index is 12.3. The SMILES string of the molecule is CC(C)c1cccc(NC(=O)C[C@H]2OC(=O)c3ccccc32)c1. The van der Waals surface area contributed by atoms with E-state index in [1.807, 2.05) is 36.4 Å². The molecule has 0 radical (unpaired) electrons. The van der Waals surface area contributed by atoms with Crippen molar-refractivity contribution in [2.24, 2.45) is 0 Å². The molecule has 0 unspecified atom stereocenters. The molecule has 0 saturated heterocycles. The van der Waals surface area contributed by atoms with Crippen LogP contribution in [0.5, 0.6) is 0 Å². The lowest BCUT2D eigenvalue weighted by molar-refractivity contribution is -0.118. The maximum Gasteiger partial charge on any atom is 0.339 e. The summed E-state index contributed by atoms with van der Waals surface area (Å²) in [4.78, 5) is 24.0. The van der Waals surface area contributed by atoms with Crippen molar-refractivity contribution in [2.75, 3.05) is 5.32 Å². The fraction of sp³-hybridized carbons (Fsp3) is 0.263. The molecule has 1 aliphatic heterocycles. The Morgan fingerprint density at radius 1 is 1.17 bits per heavy atom. The van der Waals surface area contributed by atoms with Crippen LogP contribution in [-0.2, 0) is 9.53 Å². The molecule has 4 heteroatoms. The van der Waals surface area contributed by atoms with Gasteiger partial charge >= 0.3 is 5.97 Å². The van der Waals surface area contributed by atoms with E-state index >= 15 is 0 Å². The number of hydrogen-bond acceptors (Lipinski definition) is 3. The van der Waals surface area contributed by atoms with Gasteiger partial charge < -0.3 is 10.1 Å². The second kappa shape index (κ2) is 6.24. The molecule has 0 fully saturated rings. The highest BCUT2D eigenvalue weighted by molar-refractivity contribution is 5.96. The first-order chi connectivity index (χ1) is 11.0. The average molecular weight is 309 g/mol. The molecule has 0 saturated carbocycles. The third-order valence-corrected chi connectivity index (χ3v) is 3.98. The van der Waals surface area contributed by atoms with Gasteiger partial charge in [0.05, 0.1) is 12.0 Å². The zero-order valence-electron chi connectivity index (χ0n) is 13.2. The van der Waals surface area contributed by atoms with E-state index in [1.54, 1.807) is 12.1 Å². The van der Waals surface area contributed by atoms with E-state index in [2.05, 4.69) is 19.2 Å². The van der Waals surface area contributed by atoms with E-state index in [0.717, 1.165) is 11.3 Å². The Kier molecular flexibility index (Phi) is 4.15. The second-order valence-corrected chi connectivity index (χ2v) is 6.01. The zero-order valence-corrected chi connectivity index (χ0v) is 13.2. The summed E-state index contributed by atoms with van der Waals surface area (Å²) in [5.41, 5.74) is 3.26. The number of ether oxygens (including phenoxy) is 1. The van der Waals surface area contributed by atoms with Gasteiger partial charge in [0.1, 0.15) is 6.10 Å². The lowest BCUT2D eigenvalue weighted by atomic mass is 10.0. The van der Waals surface area contributed by atoms with Crippen molar-refractivity contribution in [1.82, 2.24) is 0 Å². The standard InChI is InChI=1S/C19H19NO3/c1-12(2)13-6-5-7-14(10-13)20-18(21)11-17-15-8-3-4-9-16(15)19(22)23-17/h3-10,12,17H,11H2,1-2H3,(H,20,21)/t17-/m1/s1. The highest BCUT2D eigenvalue weighted by atomic mass is 16.5. The zero-order chi connectivity index (χ0) is 16.4. The van der Waals surface area contributed by atoms with Crippen LogP contribution in [0.4, 0.5) is 5.69 Å². The predicted octanol–water partition coefficient (Wildman–Crippen LogP) is 4.05. The van der Waals surface area contributed by atoms with Gasteiger partial charge in [0.2, 0.25) is 5.91 Å². The Labute approximate surface area is 135 Å². The van der Waals surface area contributed by atoms with Gasteiger partial charge in [-0.2, -0.15) is 0 Å². The van der Waals surface area contributed by atoms with Crippen molar-refractivity contribution in [1.29, 1.82) is 0 Å². The molecule has 0 bridgehead atoms. The van der Waals surface area contributed by atoms with Crippen LogP contribution in [0.25, 0.3) is 0 Å². The summed E-state index contributed by atoms with van der Waals surface area (Å²) in [6.45, 7) is 4.21. The number of anilines is 1. The van der Waals surface area contributed by atoms with Crippen LogP contribution in [0.1, 0.15) is 53.8 Å². The number of amides is 1. The first-order valence-electron chi connectivity index (χ1n) is 7.74. The minimum atomic E-state index is -0.507. The Morgan fingerprint density at radius 3 is 2.74 bits per heavy atom. The fourth-order valence-corrected chi connectivity index (χ4v) is 2.73. The number of benzene rings is 2. The van der Waals surface area contributed by atoms with E-state index < -0.39 is 6.10 Å². The predicted molar refractivity (Wildman–Crippen MR) is 88.4 cm³/mol. The molecule has 0 aromatic heterocycles. The van der Waals surface area contributed by atoms with Crippen LogP contribution in [0.2, 0.25) is 0 Å². The minimum Gasteiger partial charge on any atom is -0.453 e. The molecular weight excluding hydrogens is 290 g/mol. The van der Waals surface area contributed by atoms with Crippen molar-refractivity contribution < 1.29 is 14.3 Å². The summed E-state index contributed by atoms with van der Waals surface area (Å²) >= 11 is 0. The van der Waals surface area contributed by atoms with Crippen LogP contribution in [0, 0.1) is 0 Å². The molecular formula is C19H19NO3. The van der Waals surface area contributed by atoms with Gasteiger partial charge in [-0.25, -0.2) is 4.79 Å². The molecule has 1 amide bonds. The summed E-state index contributed by atoms with van der Waals surface area (Å²) in [5, 5.41) is 2.88. The highest BCUT2D eigenvalue weighted by Gasteiger charge is 2.31. The van der Waals surface area contributed by atoms with Gasteiger partial charge in [-0.15, -0.1) is 0 Å². The highest BCUT2D eigenvalue weighted by Crippen LogP contribution is 2.33. The third kappa shape index (κ3) is 3.26.